The predicted molar refractivity (Wildman–Crippen MR) is 85.2 cm³/mol. The van der Waals surface area contributed by atoms with Crippen molar-refractivity contribution >= 4 is 29.1 Å². The smallest absolute Gasteiger partial charge is 0.247 e. The van der Waals surface area contributed by atoms with Crippen LogP contribution >= 0.6 is 11.6 Å². The standard InChI is InChI=1S/C15H18ClN5/c1-11-6-8-21(9-7-11)15-19-14(10-17-20-15)18-13-4-2-12(16)3-5-13/h2-5,10-11H,6-9H2,1H3,(H,18,19,20). The molecular weight excluding hydrogens is 286 g/mol. The molecule has 0 radical (unpaired) electrons. The van der Waals surface area contributed by atoms with Gasteiger partial charge in [-0.3, -0.25) is 0 Å². The Bertz CT molecular complexity index is 593. The minimum absolute atomic E-state index is 0.695. The van der Waals surface area contributed by atoms with Crippen LogP contribution in [0.2, 0.25) is 5.02 Å². The fourth-order valence-electron chi connectivity index (χ4n) is 2.38. The maximum atomic E-state index is 5.88. The number of halogens is 1. The maximum absolute atomic E-state index is 5.88. The van der Waals surface area contributed by atoms with Gasteiger partial charge in [-0.25, -0.2) is 0 Å². The Balaban J connectivity index is 1.72. The molecule has 1 aliphatic heterocycles. The first-order valence-electron chi connectivity index (χ1n) is 7.18. The quantitative estimate of drug-likeness (QED) is 0.940. The number of aromatic nitrogens is 3. The Hall–Kier alpha value is -1.88. The van der Waals surface area contributed by atoms with E-state index in [1.54, 1.807) is 6.20 Å². The van der Waals surface area contributed by atoms with Crippen LogP contribution < -0.4 is 10.2 Å². The summed E-state index contributed by atoms with van der Waals surface area (Å²) < 4.78 is 0. The molecule has 1 aliphatic rings. The van der Waals surface area contributed by atoms with E-state index in [1.807, 2.05) is 24.3 Å². The zero-order valence-electron chi connectivity index (χ0n) is 12.0. The second kappa shape index (κ2) is 6.26. The van der Waals surface area contributed by atoms with Gasteiger partial charge in [0.05, 0.1) is 6.20 Å². The monoisotopic (exact) mass is 303 g/mol. The van der Waals surface area contributed by atoms with Crippen molar-refractivity contribution in [3.05, 3.63) is 35.5 Å². The van der Waals surface area contributed by atoms with Crippen LogP contribution in [0.15, 0.2) is 30.5 Å². The molecule has 0 spiro atoms. The Kier molecular flexibility index (Phi) is 4.20. The van der Waals surface area contributed by atoms with Crippen molar-refractivity contribution in [2.75, 3.05) is 23.3 Å². The van der Waals surface area contributed by atoms with Crippen molar-refractivity contribution in [2.45, 2.75) is 19.8 Å². The molecule has 2 aromatic rings. The second-order valence-corrected chi connectivity index (χ2v) is 5.88. The van der Waals surface area contributed by atoms with Gasteiger partial charge in [0.25, 0.3) is 0 Å². The Morgan fingerprint density at radius 3 is 2.62 bits per heavy atom. The first-order chi connectivity index (χ1) is 10.2. The van der Waals surface area contributed by atoms with Gasteiger partial charge in [0.1, 0.15) is 0 Å². The van der Waals surface area contributed by atoms with Gasteiger partial charge in [0, 0.05) is 23.8 Å². The lowest BCUT2D eigenvalue weighted by atomic mass is 10.00. The van der Waals surface area contributed by atoms with Crippen molar-refractivity contribution in [1.29, 1.82) is 0 Å². The number of benzene rings is 1. The fourth-order valence-corrected chi connectivity index (χ4v) is 2.50. The van der Waals surface area contributed by atoms with Crippen molar-refractivity contribution in [3.63, 3.8) is 0 Å². The van der Waals surface area contributed by atoms with Gasteiger partial charge in [0.15, 0.2) is 5.82 Å². The molecule has 1 aromatic carbocycles. The Morgan fingerprint density at radius 2 is 1.90 bits per heavy atom. The number of piperidine rings is 1. The largest absolute Gasteiger partial charge is 0.339 e. The first kappa shape index (κ1) is 14.1. The molecule has 1 saturated heterocycles. The van der Waals surface area contributed by atoms with E-state index in [2.05, 4.69) is 32.3 Å². The molecule has 6 heteroatoms. The number of hydrogen-bond donors (Lipinski definition) is 1. The van der Waals surface area contributed by atoms with Crippen LogP contribution in [0.4, 0.5) is 17.5 Å². The summed E-state index contributed by atoms with van der Waals surface area (Å²) in [5.74, 6) is 2.17. The van der Waals surface area contributed by atoms with Crippen LogP contribution in [0, 0.1) is 5.92 Å². The summed E-state index contributed by atoms with van der Waals surface area (Å²) in [6, 6.07) is 7.50. The summed E-state index contributed by atoms with van der Waals surface area (Å²) >= 11 is 5.88. The van der Waals surface area contributed by atoms with Gasteiger partial charge in [-0.1, -0.05) is 18.5 Å². The molecule has 0 aliphatic carbocycles. The molecule has 0 unspecified atom stereocenters. The van der Waals surface area contributed by atoms with Gasteiger partial charge in [-0.15, -0.1) is 5.10 Å². The highest BCUT2D eigenvalue weighted by atomic mass is 35.5. The highest BCUT2D eigenvalue weighted by Gasteiger charge is 2.18. The van der Waals surface area contributed by atoms with Gasteiger partial charge < -0.3 is 10.2 Å². The molecule has 21 heavy (non-hydrogen) atoms. The van der Waals surface area contributed by atoms with Crippen LogP contribution in [0.3, 0.4) is 0 Å². The lowest BCUT2D eigenvalue weighted by molar-refractivity contribution is 0.433. The maximum Gasteiger partial charge on any atom is 0.247 e. The molecule has 0 amide bonds. The molecule has 0 atom stereocenters. The zero-order valence-corrected chi connectivity index (χ0v) is 12.7. The highest BCUT2D eigenvalue weighted by Crippen LogP contribution is 2.21. The number of anilines is 3. The molecule has 1 fully saturated rings. The molecule has 1 N–H and O–H groups in total. The van der Waals surface area contributed by atoms with E-state index in [0.717, 1.165) is 24.7 Å². The summed E-state index contributed by atoms with van der Waals surface area (Å²) in [7, 11) is 0. The molecule has 110 valence electrons. The van der Waals surface area contributed by atoms with Crippen LogP contribution in [0.25, 0.3) is 0 Å². The van der Waals surface area contributed by atoms with Crippen molar-refractivity contribution in [3.8, 4) is 0 Å². The lowest BCUT2D eigenvalue weighted by Crippen LogP contribution is -2.34. The summed E-state index contributed by atoms with van der Waals surface area (Å²) in [5, 5.41) is 12.1. The number of nitrogens with one attached hydrogen (secondary N) is 1. The average Bonchev–Trinajstić information content (AvgIpc) is 2.51. The lowest BCUT2D eigenvalue weighted by Gasteiger charge is -2.29. The fraction of sp³-hybridized carbons (Fsp3) is 0.400. The van der Waals surface area contributed by atoms with Crippen LogP contribution in [-0.4, -0.2) is 28.3 Å². The molecule has 2 heterocycles. The topological polar surface area (TPSA) is 53.9 Å². The zero-order chi connectivity index (χ0) is 14.7. The van der Waals surface area contributed by atoms with Gasteiger partial charge >= 0.3 is 0 Å². The normalized spacial score (nSPS) is 16.0. The molecule has 3 rings (SSSR count). The Morgan fingerprint density at radius 1 is 1.19 bits per heavy atom. The highest BCUT2D eigenvalue weighted by molar-refractivity contribution is 6.30. The van der Waals surface area contributed by atoms with Crippen LogP contribution in [0.5, 0.6) is 0 Å². The third-order valence-electron chi connectivity index (χ3n) is 3.73. The number of hydrogen-bond acceptors (Lipinski definition) is 5. The van der Waals surface area contributed by atoms with E-state index in [-0.39, 0.29) is 0 Å². The minimum Gasteiger partial charge on any atom is -0.339 e. The van der Waals surface area contributed by atoms with Crippen molar-refractivity contribution in [1.82, 2.24) is 15.2 Å². The molecule has 0 saturated carbocycles. The Labute approximate surface area is 129 Å². The first-order valence-corrected chi connectivity index (χ1v) is 7.56. The molecule has 1 aromatic heterocycles. The van der Waals surface area contributed by atoms with E-state index in [9.17, 15) is 0 Å². The van der Waals surface area contributed by atoms with Crippen molar-refractivity contribution in [2.24, 2.45) is 5.92 Å². The minimum atomic E-state index is 0.695. The van der Waals surface area contributed by atoms with Gasteiger partial charge in [-0.05, 0) is 43.0 Å². The molecule has 5 nitrogen and oxygen atoms in total. The predicted octanol–water partition coefficient (Wildman–Crippen LogP) is 3.50. The average molecular weight is 304 g/mol. The number of nitrogens with zero attached hydrogens (tertiary/aromatic N) is 4. The SMILES string of the molecule is CC1CCN(c2nncc(Nc3ccc(Cl)cc3)n2)CC1. The third kappa shape index (κ3) is 3.61. The van der Waals surface area contributed by atoms with Gasteiger partial charge in [0.2, 0.25) is 5.95 Å². The van der Waals surface area contributed by atoms with E-state index in [4.69, 9.17) is 11.6 Å². The summed E-state index contributed by atoms with van der Waals surface area (Å²) in [6.45, 7) is 4.27. The second-order valence-electron chi connectivity index (χ2n) is 5.44. The summed E-state index contributed by atoms with van der Waals surface area (Å²) in [5.41, 5.74) is 0.929. The van der Waals surface area contributed by atoms with E-state index in [0.29, 0.717) is 16.8 Å². The van der Waals surface area contributed by atoms with Crippen LogP contribution in [-0.2, 0) is 0 Å². The van der Waals surface area contributed by atoms with E-state index in [1.165, 1.54) is 12.8 Å². The van der Waals surface area contributed by atoms with Crippen molar-refractivity contribution < 1.29 is 0 Å². The number of rotatable bonds is 3. The summed E-state index contributed by atoms with van der Waals surface area (Å²) in [4.78, 5) is 6.74. The third-order valence-corrected chi connectivity index (χ3v) is 3.98. The molecule has 0 bridgehead atoms. The van der Waals surface area contributed by atoms with E-state index < -0.39 is 0 Å². The van der Waals surface area contributed by atoms with Gasteiger partial charge in [-0.2, -0.15) is 10.1 Å². The van der Waals surface area contributed by atoms with Crippen LogP contribution in [0.1, 0.15) is 19.8 Å². The summed E-state index contributed by atoms with van der Waals surface area (Å²) in [6.07, 6.45) is 3.99. The van der Waals surface area contributed by atoms with E-state index >= 15 is 0 Å². The molecular formula is C15H18ClN5.